The third kappa shape index (κ3) is 2.73. The number of primary amides is 1. The van der Waals surface area contributed by atoms with Crippen LogP contribution in [0.1, 0.15) is 29.6 Å². The van der Waals surface area contributed by atoms with Crippen molar-refractivity contribution in [2.45, 2.75) is 19.3 Å². The lowest BCUT2D eigenvalue weighted by atomic mass is 10.0. The monoisotopic (exact) mass is 249 g/mol. The second-order valence-electron chi connectivity index (χ2n) is 5.00. The summed E-state index contributed by atoms with van der Waals surface area (Å²) in [5.74, 6) is -0.468. The van der Waals surface area contributed by atoms with E-state index in [9.17, 15) is 4.79 Å². The van der Waals surface area contributed by atoms with Crippen LogP contribution in [0.3, 0.4) is 0 Å². The van der Waals surface area contributed by atoms with Crippen LogP contribution in [-0.2, 0) is 0 Å². The van der Waals surface area contributed by atoms with E-state index in [4.69, 9.17) is 16.6 Å². The maximum Gasteiger partial charge on any atom is 0.250 e. The van der Waals surface area contributed by atoms with Crippen molar-refractivity contribution >= 4 is 17.3 Å². The average molecular weight is 249 g/mol. The Morgan fingerprint density at radius 2 is 2.17 bits per heavy atom. The standard InChI is InChI=1S/C13H19N3O2/c14-9-1-2-10(12(15)18)11(7-9)16-8-13(3-4-13)5-6-17/h1-2,7,16-17H,3-6,8,14H2,(H2,15,18). The first-order valence-electron chi connectivity index (χ1n) is 6.10. The molecule has 0 spiro atoms. The molecule has 0 bridgehead atoms. The number of carbonyl (C=O) groups is 1. The first-order valence-corrected chi connectivity index (χ1v) is 6.10. The third-order valence-electron chi connectivity index (χ3n) is 3.56. The van der Waals surface area contributed by atoms with Crippen molar-refractivity contribution in [2.75, 3.05) is 24.2 Å². The summed E-state index contributed by atoms with van der Waals surface area (Å²) in [6.07, 6.45) is 3.00. The first kappa shape index (κ1) is 12.7. The Bertz CT molecular complexity index is 456. The Morgan fingerprint density at radius 3 is 2.72 bits per heavy atom. The zero-order valence-corrected chi connectivity index (χ0v) is 10.3. The number of aliphatic hydroxyl groups is 1. The van der Waals surface area contributed by atoms with Crippen molar-refractivity contribution in [3.8, 4) is 0 Å². The van der Waals surface area contributed by atoms with Crippen LogP contribution in [0.4, 0.5) is 11.4 Å². The first-order chi connectivity index (χ1) is 8.56. The summed E-state index contributed by atoms with van der Waals surface area (Å²) in [5.41, 5.74) is 12.9. The van der Waals surface area contributed by atoms with Gasteiger partial charge in [-0.3, -0.25) is 4.79 Å². The van der Waals surface area contributed by atoms with E-state index in [0.717, 1.165) is 25.8 Å². The van der Waals surface area contributed by atoms with Crippen LogP contribution in [0.15, 0.2) is 18.2 Å². The molecular weight excluding hydrogens is 230 g/mol. The maximum absolute atomic E-state index is 11.3. The summed E-state index contributed by atoms with van der Waals surface area (Å²) in [6.45, 7) is 0.929. The number of nitrogen functional groups attached to an aromatic ring is 1. The zero-order chi connectivity index (χ0) is 13.2. The van der Waals surface area contributed by atoms with E-state index in [0.29, 0.717) is 16.9 Å². The number of nitrogens with two attached hydrogens (primary N) is 2. The molecule has 98 valence electrons. The number of nitrogens with one attached hydrogen (secondary N) is 1. The Hall–Kier alpha value is -1.75. The molecule has 0 aliphatic heterocycles. The smallest absolute Gasteiger partial charge is 0.250 e. The SMILES string of the molecule is NC(=O)c1ccc(N)cc1NCC1(CCO)CC1. The van der Waals surface area contributed by atoms with Crippen molar-refractivity contribution in [3.05, 3.63) is 23.8 Å². The summed E-state index contributed by atoms with van der Waals surface area (Å²) >= 11 is 0. The minimum atomic E-state index is -0.468. The number of carbonyl (C=O) groups excluding carboxylic acids is 1. The Kier molecular flexibility index (Phi) is 3.43. The Labute approximate surface area is 106 Å². The summed E-state index contributed by atoms with van der Waals surface area (Å²) in [6, 6.07) is 5.01. The number of aliphatic hydroxyl groups excluding tert-OH is 1. The van der Waals surface area contributed by atoms with Crippen LogP contribution >= 0.6 is 0 Å². The summed E-state index contributed by atoms with van der Waals surface area (Å²) < 4.78 is 0. The fourth-order valence-electron chi connectivity index (χ4n) is 2.13. The fraction of sp³-hybridized carbons (Fsp3) is 0.462. The van der Waals surface area contributed by atoms with Gasteiger partial charge in [-0.05, 0) is 42.9 Å². The quantitative estimate of drug-likeness (QED) is 0.563. The van der Waals surface area contributed by atoms with E-state index in [1.165, 1.54) is 0 Å². The Morgan fingerprint density at radius 1 is 1.44 bits per heavy atom. The number of anilines is 2. The molecule has 1 aliphatic carbocycles. The molecule has 1 fully saturated rings. The lowest BCUT2D eigenvalue weighted by Gasteiger charge is -2.17. The molecule has 0 radical (unpaired) electrons. The average Bonchev–Trinajstić information content (AvgIpc) is 3.07. The predicted molar refractivity (Wildman–Crippen MR) is 71.2 cm³/mol. The van der Waals surface area contributed by atoms with Gasteiger partial charge >= 0.3 is 0 Å². The molecule has 18 heavy (non-hydrogen) atoms. The van der Waals surface area contributed by atoms with Gasteiger partial charge in [-0.15, -0.1) is 0 Å². The van der Waals surface area contributed by atoms with Gasteiger partial charge in [-0.2, -0.15) is 0 Å². The number of hydrogen-bond donors (Lipinski definition) is 4. The fourth-order valence-corrected chi connectivity index (χ4v) is 2.13. The molecule has 5 nitrogen and oxygen atoms in total. The van der Waals surface area contributed by atoms with Crippen molar-refractivity contribution in [1.82, 2.24) is 0 Å². The highest BCUT2D eigenvalue weighted by Crippen LogP contribution is 2.48. The summed E-state index contributed by atoms with van der Waals surface area (Å²) in [4.78, 5) is 11.3. The second kappa shape index (κ2) is 4.86. The lowest BCUT2D eigenvalue weighted by Crippen LogP contribution is -2.20. The maximum atomic E-state index is 11.3. The van der Waals surface area contributed by atoms with Gasteiger partial charge in [-0.1, -0.05) is 0 Å². The van der Waals surface area contributed by atoms with Gasteiger partial charge in [0, 0.05) is 24.5 Å². The topological polar surface area (TPSA) is 101 Å². The second-order valence-corrected chi connectivity index (χ2v) is 5.00. The van der Waals surface area contributed by atoms with Crippen LogP contribution in [0.2, 0.25) is 0 Å². The van der Waals surface area contributed by atoms with E-state index < -0.39 is 5.91 Å². The van der Waals surface area contributed by atoms with Crippen LogP contribution in [0.5, 0.6) is 0 Å². The molecule has 0 saturated heterocycles. The lowest BCUT2D eigenvalue weighted by molar-refractivity contribution is 0.100. The van der Waals surface area contributed by atoms with Gasteiger partial charge < -0.3 is 21.9 Å². The minimum absolute atomic E-state index is 0.175. The van der Waals surface area contributed by atoms with Crippen LogP contribution < -0.4 is 16.8 Å². The van der Waals surface area contributed by atoms with E-state index in [2.05, 4.69) is 5.32 Å². The van der Waals surface area contributed by atoms with Gasteiger partial charge in [-0.25, -0.2) is 0 Å². The molecule has 0 heterocycles. The molecule has 1 aromatic rings. The third-order valence-corrected chi connectivity index (χ3v) is 3.56. The minimum Gasteiger partial charge on any atom is -0.399 e. The number of hydrogen-bond acceptors (Lipinski definition) is 4. The molecule has 2 rings (SSSR count). The number of rotatable bonds is 6. The number of benzene rings is 1. The molecule has 1 aromatic carbocycles. The van der Waals surface area contributed by atoms with Gasteiger partial charge in [0.1, 0.15) is 0 Å². The van der Waals surface area contributed by atoms with E-state index in [1.54, 1.807) is 18.2 Å². The van der Waals surface area contributed by atoms with Crippen LogP contribution in [0.25, 0.3) is 0 Å². The van der Waals surface area contributed by atoms with Crippen molar-refractivity contribution in [1.29, 1.82) is 0 Å². The van der Waals surface area contributed by atoms with Crippen molar-refractivity contribution in [3.63, 3.8) is 0 Å². The molecule has 0 atom stereocenters. The zero-order valence-electron chi connectivity index (χ0n) is 10.3. The number of amides is 1. The molecule has 1 saturated carbocycles. The summed E-state index contributed by atoms with van der Waals surface area (Å²) in [7, 11) is 0. The largest absolute Gasteiger partial charge is 0.399 e. The highest BCUT2D eigenvalue weighted by atomic mass is 16.3. The van der Waals surface area contributed by atoms with E-state index in [-0.39, 0.29) is 12.0 Å². The molecule has 0 unspecified atom stereocenters. The molecule has 0 aromatic heterocycles. The van der Waals surface area contributed by atoms with E-state index >= 15 is 0 Å². The van der Waals surface area contributed by atoms with Gasteiger partial charge in [0.25, 0.3) is 5.91 Å². The molecule has 1 amide bonds. The highest BCUT2D eigenvalue weighted by molar-refractivity contribution is 5.99. The van der Waals surface area contributed by atoms with Gasteiger partial charge in [0.2, 0.25) is 0 Å². The van der Waals surface area contributed by atoms with E-state index in [1.807, 2.05) is 0 Å². The predicted octanol–water partition coefficient (Wildman–Crippen LogP) is 0.942. The normalized spacial score (nSPS) is 16.3. The molecular formula is C13H19N3O2. The highest BCUT2D eigenvalue weighted by Gasteiger charge is 2.41. The van der Waals surface area contributed by atoms with Gasteiger partial charge in [0.15, 0.2) is 0 Å². The molecule has 5 heteroatoms. The van der Waals surface area contributed by atoms with Crippen molar-refractivity contribution < 1.29 is 9.90 Å². The van der Waals surface area contributed by atoms with Crippen LogP contribution in [-0.4, -0.2) is 24.2 Å². The molecule has 6 N–H and O–H groups in total. The summed E-state index contributed by atoms with van der Waals surface area (Å²) in [5, 5.41) is 12.2. The van der Waals surface area contributed by atoms with Crippen molar-refractivity contribution in [2.24, 2.45) is 11.1 Å². The van der Waals surface area contributed by atoms with Crippen LogP contribution in [0, 0.1) is 5.41 Å². The van der Waals surface area contributed by atoms with Gasteiger partial charge in [0.05, 0.1) is 5.56 Å². The molecule has 1 aliphatic rings. The Balaban J connectivity index is 2.08.